The third-order valence-electron chi connectivity index (χ3n) is 8.92. The molecule has 2 heterocycles. The quantitative estimate of drug-likeness (QED) is 0.0451. The van der Waals surface area contributed by atoms with Crippen LogP contribution in [0.2, 0.25) is 0 Å². The fourth-order valence-electron chi connectivity index (χ4n) is 6.19. The van der Waals surface area contributed by atoms with Crippen LogP contribution in [0.1, 0.15) is 34.9 Å². The van der Waals surface area contributed by atoms with Gasteiger partial charge < -0.3 is 23.5 Å². The molecule has 1 unspecified atom stereocenters. The minimum absolute atomic E-state index is 0.102. The third kappa shape index (κ3) is 7.79. The topological polar surface area (TPSA) is 148 Å². The second-order valence-electron chi connectivity index (χ2n) is 12.3. The molecule has 6 rings (SSSR count). The average molecular weight is 791 g/mol. The molecule has 0 spiro atoms. The molecule has 1 aliphatic heterocycles. The summed E-state index contributed by atoms with van der Waals surface area (Å²) in [4.78, 5) is 37.8. The number of nitrogens with one attached hydrogen (secondary N) is 1. The highest BCUT2D eigenvalue weighted by atomic mass is 31.2. The van der Waals surface area contributed by atoms with Crippen LogP contribution in [0.3, 0.4) is 0 Å². The zero-order valence-electron chi connectivity index (χ0n) is 29.1. The summed E-state index contributed by atoms with van der Waals surface area (Å²) in [5, 5.41) is 0. The Morgan fingerprint density at radius 1 is 0.818 bits per heavy atom. The van der Waals surface area contributed by atoms with Gasteiger partial charge in [0.1, 0.15) is 35.5 Å². The molecule has 290 valence electrons. The number of halogens is 5. The SMILES string of the molecule is COc1ccc(C(OC[C@H]2O[C@@H](n3cc(C)c(=O)[nH]c3=O)C[C@@H]2OP(=O)(O)Oc2c(F)c(F)c(F)c(F)c2F)(c2ccccc2)c2ccc(OC)cc2)cc1. The summed E-state index contributed by atoms with van der Waals surface area (Å²) in [6.07, 6.45) is -3.57. The van der Waals surface area contributed by atoms with Gasteiger partial charge in [-0.3, -0.25) is 23.8 Å². The van der Waals surface area contributed by atoms with E-state index in [-0.39, 0.29) is 5.56 Å². The lowest BCUT2D eigenvalue weighted by Gasteiger charge is -2.37. The highest BCUT2D eigenvalue weighted by Crippen LogP contribution is 2.51. The normalized spacial score (nSPS) is 18.2. The monoisotopic (exact) mass is 790 g/mol. The highest BCUT2D eigenvalue weighted by Gasteiger charge is 2.46. The summed E-state index contributed by atoms with van der Waals surface area (Å²) in [5.41, 5.74) is -1.21. The van der Waals surface area contributed by atoms with E-state index in [0.717, 1.165) is 4.57 Å². The number of nitrogens with zero attached hydrogens (tertiary/aromatic N) is 1. The molecule has 55 heavy (non-hydrogen) atoms. The fourth-order valence-corrected chi connectivity index (χ4v) is 7.18. The lowest BCUT2D eigenvalue weighted by atomic mass is 9.80. The first kappa shape index (κ1) is 39.4. The Balaban J connectivity index is 1.42. The first-order chi connectivity index (χ1) is 26.2. The smallest absolute Gasteiger partial charge is 0.497 e. The predicted molar refractivity (Wildman–Crippen MR) is 184 cm³/mol. The van der Waals surface area contributed by atoms with Gasteiger partial charge in [0.15, 0.2) is 0 Å². The second kappa shape index (κ2) is 15.8. The number of aryl methyl sites for hydroxylation is 1. The molecule has 12 nitrogen and oxygen atoms in total. The van der Waals surface area contributed by atoms with Gasteiger partial charge >= 0.3 is 13.5 Å². The maximum Gasteiger partial charge on any atom is 0.528 e. The molecule has 1 saturated heterocycles. The molecule has 0 saturated carbocycles. The zero-order valence-corrected chi connectivity index (χ0v) is 30.0. The van der Waals surface area contributed by atoms with Gasteiger partial charge in [-0.05, 0) is 47.9 Å². The van der Waals surface area contributed by atoms with Crippen molar-refractivity contribution in [1.29, 1.82) is 0 Å². The number of rotatable bonds is 13. The average Bonchev–Trinajstić information content (AvgIpc) is 3.58. The summed E-state index contributed by atoms with van der Waals surface area (Å²) in [7, 11) is -2.76. The predicted octanol–water partition coefficient (Wildman–Crippen LogP) is 6.42. The van der Waals surface area contributed by atoms with E-state index in [0.29, 0.717) is 28.2 Å². The number of benzene rings is 4. The van der Waals surface area contributed by atoms with Crippen molar-refractivity contribution < 1.29 is 59.4 Å². The Hall–Kier alpha value is -5.32. The second-order valence-corrected chi connectivity index (χ2v) is 13.6. The van der Waals surface area contributed by atoms with Crippen LogP contribution in [-0.2, 0) is 24.2 Å². The Labute approximate surface area is 309 Å². The largest absolute Gasteiger partial charge is 0.528 e. The van der Waals surface area contributed by atoms with Crippen molar-refractivity contribution >= 4 is 7.82 Å². The molecular formula is C37H32F5N2O10P. The minimum atomic E-state index is -5.76. The van der Waals surface area contributed by atoms with E-state index in [1.807, 2.05) is 0 Å². The van der Waals surface area contributed by atoms with E-state index in [2.05, 4.69) is 9.51 Å². The molecule has 0 bridgehead atoms. The van der Waals surface area contributed by atoms with Gasteiger partial charge in [0.25, 0.3) is 5.56 Å². The van der Waals surface area contributed by atoms with E-state index in [4.69, 9.17) is 23.5 Å². The van der Waals surface area contributed by atoms with Crippen molar-refractivity contribution in [2.45, 2.75) is 37.4 Å². The van der Waals surface area contributed by atoms with Gasteiger partial charge in [-0.25, -0.2) is 22.5 Å². The number of aromatic amines is 1. The third-order valence-corrected chi connectivity index (χ3v) is 9.87. The summed E-state index contributed by atoms with van der Waals surface area (Å²) in [5.74, 6) is -13.4. The van der Waals surface area contributed by atoms with Crippen LogP contribution >= 0.6 is 7.82 Å². The lowest BCUT2D eigenvalue weighted by Crippen LogP contribution is -2.38. The summed E-state index contributed by atoms with van der Waals surface area (Å²) < 4.78 is 118. The number of ether oxygens (including phenoxy) is 4. The van der Waals surface area contributed by atoms with E-state index < -0.39 is 91.0 Å². The van der Waals surface area contributed by atoms with Gasteiger partial charge in [0, 0.05) is 18.2 Å². The Kier molecular flexibility index (Phi) is 11.3. The summed E-state index contributed by atoms with van der Waals surface area (Å²) in [6.45, 7) is 0.920. The zero-order chi connectivity index (χ0) is 39.7. The van der Waals surface area contributed by atoms with Crippen molar-refractivity contribution in [3.8, 4) is 17.2 Å². The number of hydrogen-bond acceptors (Lipinski definition) is 9. The van der Waals surface area contributed by atoms with E-state index in [9.17, 15) is 41.0 Å². The minimum Gasteiger partial charge on any atom is -0.497 e. The van der Waals surface area contributed by atoms with Gasteiger partial charge in [-0.2, -0.15) is 8.78 Å². The van der Waals surface area contributed by atoms with Crippen LogP contribution in [0.5, 0.6) is 17.2 Å². The molecule has 2 N–H and O–H groups in total. The van der Waals surface area contributed by atoms with Crippen LogP contribution in [0.4, 0.5) is 22.0 Å². The fraction of sp³-hybridized carbons (Fsp3) is 0.243. The molecule has 4 aromatic carbocycles. The molecule has 4 atom stereocenters. The molecule has 0 aliphatic carbocycles. The van der Waals surface area contributed by atoms with E-state index in [1.54, 1.807) is 78.9 Å². The van der Waals surface area contributed by atoms with Crippen LogP contribution < -0.4 is 25.2 Å². The number of phosphoric acid groups is 1. The van der Waals surface area contributed by atoms with Crippen LogP contribution in [0.25, 0.3) is 0 Å². The molecule has 0 amide bonds. The number of phosphoric ester groups is 1. The van der Waals surface area contributed by atoms with Crippen LogP contribution in [0.15, 0.2) is 94.6 Å². The highest BCUT2D eigenvalue weighted by molar-refractivity contribution is 7.47. The molecule has 1 fully saturated rings. The molecule has 0 radical (unpaired) electrons. The Morgan fingerprint density at radius 2 is 1.33 bits per heavy atom. The van der Waals surface area contributed by atoms with Crippen molar-refractivity contribution in [1.82, 2.24) is 9.55 Å². The Morgan fingerprint density at radius 3 is 1.85 bits per heavy atom. The molecule has 1 aliphatic rings. The maximum atomic E-state index is 14.5. The van der Waals surface area contributed by atoms with Crippen LogP contribution in [0, 0.1) is 36.0 Å². The van der Waals surface area contributed by atoms with E-state index >= 15 is 0 Å². The Bertz CT molecular complexity index is 2270. The first-order valence-corrected chi connectivity index (χ1v) is 17.9. The summed E-state index contributed by atoms with van der Waals surface area (Å²) in [6, 6.07) is 22.8. The van der Waals surface area contributed by atoms with Crippen LogP contribution in [-0.4, -0.2) is 47.5 Å². The van der Waals surface area contributed by atoms with Crippen molar-refractivity contribution in [2.24, 2.45) is 0 Å². The van der Waals surface area contributed by atoms with Gasteiger partial charge in [0.05, 0.1) is 20.8 Å². The number of hydrogen-bond donors (Lipinski definition) is 2. The summed E-state index contributed by atoms with van der Waals surface area (Å²) >= 11 is 0. The molecule has 1 aromatic heterocycles. The van der Waals surface area contributed by atoms with E-state index in [1.165, 1.54) is 27.3 Å². The van der Waals surface area contributed by atoms with Gasteiger partial charge in [0.2, 0.25) is 34.8 Å². The number of aromatic nitrogens is 2. The van der Waals surface area contributed by atoms with Gasteiger partial charge in [-0.15, -0.1) is 0 Å². The standard InChI is InChI=1S/C37H32F5N2O10P/c1-20-18-44(36(46)43-35(20)45)28-17-26(53-55(47,48)54-34-32(41)30(39)29(38)31(40)33(34)42)27(52-28)19-51-37(21-7-5-4-6-8-21,22-9-13-24(49-2)14-10-22)23-11-15-25(50-3)16-12-23/h4-16,18,26-28H,17,19H2,1-3H3,(H,47,48)(H,43,45,46)/t26-,27+,28+/m0/s1. The van der Waals surface area contributed by atoms with Gasteiger partial charge in [-0.1, -0.05) is 54.6 Å². The molecular weight excluding hydrogens is 758 g/mol. The number of H-pyrrole nitrogens is 1. The first-order valence-electron chi connectivity index (χ1n) is 16.4. The van der Waals surface area contributed by atoms with Crippen molar-refractivity contribution in [3.63, 3.8) is 0 Å². The molecule has 5 aromatic rings. The van der Waals surface area contributed by atoms with Crippen molar-refractivity contribution in [2.75, 3.05) is 20.8 Å². The van der Waals surface area contributed by atoms with Crippen molar-refractivity contribution in [3.05, 3.63) is 157 Å². The maximum absolute atomic E-state index is 14.5. The number of methoxy groups -OCH3 is 2. The molecule has 18 heteroatoms. The lowest BCUT2D eigenvalue weighted by molar-refractivity contribution is -0.0933.